The van der Waals surface area contributed by atoms with Gasteiger partial charge in [-0.3, -0.25) is 0 Å². The van der Waals surface area contributed by atoms with Crippen molar-refractivity contribution < 1.29 is 5.11 Å². The molecule has 3 fully saturated rings. The minimum Gasteiger partial charge on any atom is -0.396 e. The standard InChI is InChI=1S/C18H26O/c19-12-14-6-3-9-18(14)10-4-8-16-15-7-2-1-5-13(15)11-17(16)18/h1-2,5,7,13-17,19H,3-4,6,8-12H2/t13?,14-,15?,16?,17?,18+/m0/s1. The van der Waals surface area contributed by atoms with Gasteiger partial charge >= 0.3 is 0 Å². The molecule has 0 radical (unpaired) electrons. The van der Waals surface area contributed by atoms with E-state index in [0.717, 1.165) is 23.7 Å². The Kier molecular flexibility index (Phi) is 2.88. The number of hydrogen-bond acceptors (Lipinski definition) is 1. The van der Waals surface area contributed by atoms with Gasteiger partial charge in [0.1, 0.15) is 0 Å². The van der Waals surface area contributed by atoms with Gasteiger partial charge in [0.25, 0.3) is 0 Å². The van der Waals surface area contributed by atoms with Crippen LogP contribution in [-0.2, 0) is 0 Å². The SMILES string of the molecule is OC[C@@H]1CCC[C@@]12CCCC1C3C=CC=CC3CC12. The molecule has 6 atom stereocenters. The summed E-state index contributed by atoms with van der Waals surface area (Å²) in [5.41, 5.74) is 0.511. The zero-order valence-corrected chi connectivity index (χ0v) is 11.8. The topological polar surface area (TPSA) is 20.2 Å². The van der Waals surface area contributed by atoms with Crippen molar-refractivity contribution in [3.05, 3.63) is 24.3 Å². The highest BCUT2D eigenvalue weighted by atomic mass is 16.3. The van der Waals surface area contributed by atoms with Crippen LogP contribution in [0.3, 0.4) is 0 Å². The molecule has 0 aromatic rings. The maximum Gasteiger partial charge on any atom is 0.0464 e. The molecule has 0 amide bonds. The predicted molar refractivity (Wildman–Crippen MR) is 77.6 cm³/mol. The lowest BCUT2D eigenvalue weighted by Crippen LogP contribution is -2.41. The normalized spacial score (nSPS) is 51.5. The molecular formula is C18H26O. The van der Waals surface area contributed by atoms with E-state index in [1.54, 1.807) is 0 Å². The highest BCUT2D eigenvalue weighted by Gasteiger charge is 2.57. The molecule has 3 saturated carbocycles. The van der Waals surface area contributed by atoms with E-state index >= 15 is 0 Å². The van der Waals surface area contributed by atoms with E-state index < -0.39 is 0 Å². The van der Waals surface area contributed by atoms with Crippen molar-refractivity contribution >= 4 is 0 Å². The fraction of sp³-hybridized carbons (Fsp3) is 0.778. The monoisotopic (exact) mass is 258 g/mol. The minimum atomic E-state index is 0.435. The molecule has 104 valence electrons. The predicted octanol–water partition coefficient (Wildman–Crippen LogP) is 3.94. The number of allylic oxidation sites excluding steroid dienone is 4. The summed E-state index contributed by atoms with van der Waals surface area (Å²) in [6.07, 6.45) is 19.1. The van der Waals surface area contributed by atoms with Crippen molar-refractivity contribution in [3.63, 3.8) is 0 Å². The van der Waals surface area contributed by atoms with Crippen LogP contribution in [0.25, 0.3) is 0 Å². The smallest absolute Gasteiger partial charge is 0.0464 e. The van der Waals surface area contributed by atoms with Crippen LogP contribution in [0.1, 0.15) is 44.9 Å². The molecule has 19 heavy (non-hydrogen) atoms. The van der Waals surface area contributed by atoms with Crippen LogP contribution in [-0.4, -0.2) is 11.7 Å². The molecule has 1 nitrogen and oxygen atoms in total. The van der Waals surface area contributed by atoms with E-state index in [1.807, 2.05) is 0 Å². The minimum absolute atomic E-state index is 0.435. The van der Waals surface area contributed by atoms with Crippen LogP contribution in [0.4, 0.5) is 0 Å². The van der Waals surface area contributed by atoms with Gasteiger partial charge in [-0.15, -0.1) is 0 Å². The summed E-state index contributed by atoms with van der Waals surface area (Å²) < 4.78 is 0. The third-order valence-electron chi connectivity index (χ3n) is 6.98. The molecule has 1 spiro atoms. The molecule has 0 saturated heterocycles. The van der Waals surface area contributed by atoms with Crippen molar-refractivity contribution in [2.24, 2.45) is 35.0 Å². The van der Waals surface area contributed by atoms with Crippen LogP contribution in [0.15, 0.2) is 24.3 Å². The van der Waals surface area contributed by atoms with E-state index in [4.69, 9.17) is 0 Å². The van der Waals surface area contributed by atoms with Gasteiger partial charge < -0.3 is 5.11 Å². The third-order valence-corrected chi connectivity index (χ3v) is 6.98. The zero-order chi connectivity index (χ0) is 12.9. The first-order chi connectivity index (χ1) is 9.35. The zero-order valence-electron chi connectivity index (χ0n) is 11.8. The molecular weight excluding hydrogens is 232 g/mol. The Hall–Kier alpha value is -0.560. The van der Waals surface area contributed by atoms with Gasteiger partial charge in [-0.25, -0.2) is 0 Å². The Morgan fingerprint density at radius 3 is 2.68 bits per heavy atom. The summed E-state index contributed by atoms with van der Waals surface area (Å²) in [7, 11) is 0. The lowest BCUT2D eigenvalue weighted by molar-refractivity contribution is -0.00686. The first-order valence-corrected chi connectivity index (χ1v) is 8.31. The van der Waals surface area contributed by atoms with Gasteiger partial charge in [-0.2, -0.15) is 0 Å². The Balaban J connectivity index is 1.68. The van der Waals surface area contributed by atoms with Crippen LogP contribution in [0, 0.1) is 35.0 Å². The molecule has 0 bridgehead atoms. The van der Waals surface area contributed by atoms with Crippen molar-refractivity contribution in [1.29, 1.82) is 0 Å². The molecule has 1 heteroatoms. The van der Waals surface area contributed by atoms with Crippen LogP contribution >= 0.6 is 0 Å². The van der Waals surface area contributed by atoms with Gasteiger partial charge in [0.05, 0.1) is 0 Å². The largest absolute Gasteiger partial charge is 0.396 e. The van der Waals surface area contributed by atoms with Gasteiger partial charge in [-0.1, -0.05) is 37.1 Å². The molecule has 0 aliphatic heterocycles. The summed E-state index contributed by atoms with van der Waals surface area (Å²) in [6, 6.07) is 0. The van der Waals surface area contributed by atoms with Crippen LogP contribution in [0.2, 0.25) is 0 Å². The maximum absolute atomic E-state index is 9.83. The number of aliphatic hydroxyl groups is 1. The summed E-state index contributed by atoms with van der Waals surface area (Å²) in [5, 5.41) is 9.83. The molecule has 4 aliphatic rings. The summed E-state index contributed by atoms with van der Waals surface area (Å²) in [6.45, 7) is 0.435. The second-order valence-corrected chi connectivity index (χ2v) is 7.41. The Labute approximate surface area is 116 Å². The van der Waals surface area contributed by atoms with Gasteiger partial charge in [0.15, 0.2) is 0 Å². The molecule has 4 rings (SSSR count). The summed E-state index contributed by atoms with van der Waals surface area (Å²) in [5.74, 6) is 4.02. The fourth-order valence-electron chi connectivity index (χ4n) is 6.27. The Morgan fingerprint density at radius 2 is 1.84 bits per heavy atom. The molecule has 4 aliphatic carbocycles. The van der Waals surface area contributed by atoms with E-state index in [1.165, 1.54) is 44.9 Å². The fourth-order valence-corrected chi connectivity index (χ4v) is 6.27. The lowest BCUT2D eigenvalue weighted by atomic mass is 9.57. The third kappa shape index (κ3) is 1.63. The van der Waals surface area contributed by atoms with Gasteiger partial charge in [0, 0.05) is 6.61 Å². The quantitative estimate of drug-likeness (QED) is 0.755. The molecule has 4 unspecified atom stereocenters. The number of fused-ring (bicyclic) bond motifs is 4. The van der Waals surface area contributed by atoms with E-state index in [2.05, 4.69) is 24.3 Å². The number of aliphatic hydroxyl groups excluding tert-OH is 1. The maximum atomic E-state index is 9.83. The average Bonchev–Trinajstić information content (AvgIpc) is 3.02. The van der Waals surface area contributed by atoms with Crippen molar-refractivity contribution in [3.8, 4) is 0 Å². The van der Waals surface area contributed by atoms with Gasteiger partial charge in [-0.05, 0) is 67.1 Å². The van der Waals surface area contributed by atoms with Crippen molar-refractivity contribution in [2.45, 2.75) is 44.9 Å². The van der Waals surface area contributed by atoms with Crippen LogP contribution < -0.4 is 0 Å². The average molecular weight is 258 g/mol. The van der Waals surface area contributed by atoms with E-state index in [-0.39, 0.29) is 0 Å². The first kappa shape index (κ1) is 12.2. The summed E-state index contributed by atoms with van der Waals surface area (Å²) >= 11 is 0. The molecule has 0 aromatic heterocycles. The molecule has 0 aromatic carbocycles. The number of rotatable bonds is 1. The lowest BCUT2D eigenvalue weighted by Gasteiger charge is -2.48. The van der Waals surface area contributed by atoms with Crippen LogP contribution in [0.5, 0.6) is 0 Å². The molecule has 0 heterocycles. The Morgan fingerprint density at radius 1 is 1.05 bits per heavy atom. The highest BCUT2D eigenvalue weighted by Crippen LogP contribution is 2.64. The van der Waals surface area contributed by atoms with E-state index in [9.17, 15) is 5.11 Å². The first-order valence-electron chi connectivity index (χ1n) is 8.31. The van der Waals surface area contributed by atoms with Crippen molar-refractivity contribution in [2.75, 3.05) is 6.61 Å². The highest BCUT2D eigenvalue weighted by molar-refractivity contribution is 5.21. The second kappa shape index (κ2) is 4.48. The molecule has 1 N–H and O–H groups in total. The van der Waals surface area contributed by atoms with E-state index in [0.29, 0.717) is 17.9 Å². The van der Waals surface area contributed by atoms with Crippen molar-refractivity contribution in [1.82, 2.24) is 0 Å². The van der Waals surface area contributed by atoms with Gasteiger partial charge in [0.2, 0.25) is 0 Å². The number of hydrogen-bond donors (Lipinski definition) is 1. The Bertz CT molecular complexity index is 410. The second-order valence-electron chi connectivity index (χ2n) is 7.41. The summed E-state index contributed by atoms with van der Waals surface area (Å²) in [4.78, 5) is 0.